The summed E-state index contributed by atoms with van der Waals surface area (Å²) >= 11 is 2.50. The van der Waals surface area contributed by atoms with Crippen LogP contribution in [0.15, 0.2) is 23.1 Å². The van der Waals surface area contributed by atoms with Gasteiger partial charge in [-0.25, -0.2) is 9.78 Å². The second-order valence-electron chi connectivity index (χ2n) is 6.24. The molecule has 0 bridgehead atoms. The lowest BCUT2D eigenvalue weighted by Gasteiger charge is -2.35. The van der Waals surface area contributed by atoms with E-state index in [0.717, 1.165) is 46.5 Å². The summed E-state index contributed by atoms with van der Waals surface area (Å²) in [4.78, 5) is 19.6. The number of carbonyl (C=O) groups is 1. The second kappa shape index (κ2) is 8.68. The normalized spacial score (nSPS) is 20.7. The van der Waals surface area contributed by atoms with E-state index in [1.807, 2.05) is 18.2 Å². The van der Waals surface area contributed by atoms with Gasteiger partial charge >= 0.3 is 6.03 Å². The van der Waals surface area contributed by atoms with Crippen molar-refractivity contribution in [2.45, 2.75) is 31.0 Å². The fourth-order valence-corrected chi connectivity index (χ4v) is 4.40. The molecule has 1 saturated heterocycles. The number of anilines is 1. The van der Waals surface area contributed by atoms with Crippen LogP contribution in [0.4, 0.5) is 9.93 Å². The minimum atomic E-state index is -0.259. The Balaban J connectivity index is 1.49. The van der Waals surface area contributed by atoms with E-state index >= 15 is 0 Å². The quantitative estimate of drug-likeness (QED) is 0.601. The lowest BCUT2D eigenvalue weighted by Crippen LogP contribution is -2.48. The molecule has 1 fully saturated rings. The van der Waals surface area contributed by atoms with Gasteiger partial charge in [-0.1, -0.05) is 11.3 Å². The molecular weight excluding hydrogens is 370 g/mol. The number of nitriles is 1. The van der Waals surface area contributed by atoms with Crippen LogP contribution in [0.5, 0.6) is 0 Å². The molecule has 2 N–H and O–H groups in total. The molecule has 1 aromatic heterocycles. The molecule has 1 aromatic carbocycles. The number of benzene rings is 1. The third-order valence-electron chi connectivity index (χ3n) is 3.95. The molecule has 0 aliphatic carbocycles. The number of thioether (sulfide) groups is 1. The Bertz CT molecular complexity index is 809. The molecule has 1 aliphatic rings. The van der Waals surface area contributed by atoms with E-state index in [9.17, 15) is 4.79 Å². The van der Waals surface area contributed by atoms with E-state index in [1.54, 1.807) is 0 Å². The number of rotatable bonds is 5. The highest BCUT2D eigenvalue weighted by Crippen LogP contribution is 2.29. The van der Waals surface area contributed by atoms with E-state index in [2.05, 4.69) is 39.8 Å². The van der Waals surface area contributed by atoms with Crippen LogP contribution in [0.1, 0.15) is 13.8 Å². The largest absolute Gasteiger partial charge is 0.373 e. The number of nitrogens with zero attached hydrogens (tertiary/aromatic N) is 3. The Kier molecular flexibility index (Phi) is 6.32. The SMILES string of the molecule is C[C@@H]1CN(CCNC(=O)Nc2nc3ccc(SC#N)cc3s2)C[C@H](C)O1. The lowest BCUT2D eigenvalue weighted by atomic mass is 10.2. The molecule has 9 heteroatoms. The van der Waals surface area contributed by atoms with Gasteiger partial charge in [0.15, 0.2) is 5.13 Å². The molecule has 7 nitrogen and oxygen atoms in total. The van der Waals surface area contributed by atoms with Gasteiger partial charge in [0.1, 0.15) is 5.40 Å². The fourth-order valence-electron chi connectivity index (χ4n) is 3.01. The third kappa shape index (κ3) is 5.08. The minimum Gasteiger partial charge on any atom is -0.373 e. The fraction of sp³-hybridized carbons (Fsp3) is 0.471. The van der Waals surface area contributed by atoms with E-state index in [-0.39, 0.29) is 18.2 Å². The van der Waals surface area contributed by atoms with Crippen molar-refractivity contribution in [1.82, 2.24) is 15.2 Å². The lowest BCUT2D eigenvalue weighted by molar-refractivity contribution is -0.0672. The zero-order chi connectivity index (χ0) is 18.5. The van der Waals surface area contributed by atoms with Crippen molar-refractivity contribution >= 4 is 44.5 Å². The van der Waals surface area contributed by atoms with Gasteiger partial charge < -0.3 is 10.1 Å². The average molecular weight is 392 g/mol. The zero-order valence-corrected chi connectivity index (χ0v) is 16.3. The number of hydrogen-bond acceptors (Lipinski definition) is 7. The molecule has 0 unspecified atom stereocenters. The topological polar surface area (TPSA) is 90.3 Å². The van der Waals surface area contributed by atoms with Gasteiger partial charge in [-0.3, -0.25) is 10.2 Å². The Labute approximate surface area is 160 Å². The number of ether oxygens (including phenoxy) is 1. The van der Waals surface area contributed by atoms with Crippen LogP contribution < -0.4 is 10.6 Å². The summed E-state index contributed by atoms with van der Waals surface area (Å²) in [5.74, 6) is 0. The summed E-state index contributed by atoms with van der Waals surface area (Å²) in [6.07, 6.45) is 0.443. The van der Waals surface area contributed by atoms with E-state index in [1.165, 1.54) is 11.3 Å². The molecule has 26 heavy (non-hydrogen) atoms. The molecule has 2 amide bonds. The molecule has 138 valence electrons. The van der Waals surface area contributed by atoms with Gasteiger partial charge in [-0.05, 0) is 43.8 Å². The number of fused-ring (bicyclic) bond motifs is 1. The minimum absolute atomic E-state index is 0.222. The van der Waals surface area contributed by atoms with Crippen LogP contribution in [-0.4, -0.2) is 54.3 Å². The highest BCUT2D eigenvalue weighted by Gasteiger charge is 2.21. The predicted octanol–water partition coefficient (Wildman–Crippen LogP) is 3.10. The van der Waals surface area contributed by atoms with Crippen molar-refractivity contribution in [1.29, 1.82) is 5.26 Å². The van der Waals surface area contributed by atoms with Crippen molar-refractivity contribution in [3.63, 3.8) is 0 Å². The second-order valence-corrected chi connectivity index (χ2v) is 8.13. The van der Waals surface area contributed by atoms with Gasteiger partial charge in [0.25, 0.3) is 0 Å². The molecule has 1 aliphatic heterocycles. The summed E-state index contributed by atoms with van der Waals surface area (Å²) < 4.78 is 6.65. The number of hydrogen-bond donors (Lipinski definition) is 2. The standard InChI is InChI=1S/C17H21N5O2S2/c1-11-8-22(9-12(2)24-11)6-5-19-16(23)21-17-20-14-4-3-13(25-10-18)7-15(14)26-17/h3-4,7,11-12H,5-6,8-9H2,1-2H3,(H2,19,20,21,23)/t11-,12+. The number of urea groups is 1. The Hall–Kier alpha value is -1.86. The van der Waals surface area contributed by atoms with Crippen molar-refractivity contribution in [2.24, 2.45) is 0 Å². The molecule has 0 spiro atoms. The molecule has 2 heterocycles. The summed E-state index contributed by atoms with van der Waals surface area (Å²) in [6, 6.07) is 5.36. The van der Waals surface area contributed by atoms with Crippen LogP contribution in [0, 0.1) is 10.7 Å². The molecule has 2 aromatic rings. The molecule has 2 atom stereocenters. The number of thiocyanates is 1. The Morgan fingerprint density at radius 3 is 2.96 bits per heavy atom. The van der Waals surface area contributed by atoms with Crippen LogP contribution in [-0.2, 0) is 4.74 Å². The number of aromatic nitrogens is 1. The molecule has 0 saturated carbocycles. The van der Waals surface area contributed by atoms with Gasteiger partial charge in [0.05, 0.1) is 22.4 Å². The molecule has 3 rings (SSSR count). The maximum absolute atomic E-state index is 12.1. The average Bonchev–Trinajstić information content (AvgIpc) is 2.95. The Morgan fingerprint density at radius 2 is 2.23 bits per heavy atom. The first-order valence-electron chi connectivity index (χ1n) is 8.42. The van der Waals surface area contributed by atoms with Crippen LogP contribution >= 0.6 is 23.1 Å². The van der Waals surface area contributed by atoms with Gasteiger partial charge in [-0.2, -0.15) is 5.26 Å². The number of amides is 2. The van der Waals surface area contributed by atoms with Crippen LogP contribution in [0.2, 0.25) is 0 Å². The maximum Gasteiger partial charge on any atom is 0.321 e. The predicted molar refractivity (Wildman–Crippen MR) is 105 cm³/mol. The van der Waals surface area contributed by atoms with Crippen molar-refractivity contribution in [3.05, 3.63) is 18.2 Å². The van der Waals surface area contributed by atoms with E-state index in [4.69, 9.17) is 10.00 Å². The summed E-state index contributed by atoms with van der Waals surface area (Å²) in [6.45, 7) is 7.26. The monoisotopic (exact) mass is 391 g/mol. The molecular formula is C17H21N5O2S2. The number of morpholine rings is 1. The smallest absolute Gasteiger partial charge is 0.321 e. The number of thiazole rings is 1. The van der Waals surface area contributed by atoms with Gasteiger partial charge in [0, 0.05) is 31.1 Å². The highest BCUT2D eigenvalue weighted by molar-refractivity contribution is 8.03. The summed E-state index contributed by atoms with van der Waals surface area (Å²) in [5.41, 5.74) is 0.809. The van der Waals surface area contributed by atoms with Gasteiger partial charge in [0.2, 0.25) is 0 Å². The first-order valence-corrected chi connectivity index (χ1v) is 10.1. The maximum atomic E-state index is 12.1. The summed E-state index contributed by atoms with van der Waals surface area (Å²) in [5, 5.41) is 17.0. The zero-order valence-electron chi connectivity index (χ0n) is 14.7. The van der Waals surface area contributed by atoms with Crippen molar-refractivity contribution in [3.8, 4) is 5.40 Å². The van der Waals surface area contributed by atoms with Crippen LogP contribution in [0.25, 0.3) is 10.2 Å². The third-order valence-corrected chi connectivity index (χ3v) is 5.47. The highest BCUT2D eigenvalue weighted by atomic mass is 32.2. The first-order chi connectivity index (χ1) is 12.5. The Morgan fingerprint density at radius 1 is 1.46 bits per heavy atom. The van der Waals surface area contributed by atoms with E-state index in [0.29, 0.717) is 11.7 Å². The van der Waals surface area contributed by atoms with Crippen molar-refractivity contribution < 1.29 is 9.53 Å². The first kappa shape index (κ1) is 18.9. The van der Waals surface area contributed by atoms with Crippen LogP contribution in [0.3, 0.4) is 0 Å². The number of carbonyl (C=O) groups excluding carboxylic acids is 1. The van der Waals surface area contributed by atoms with Gasteiger partial charge in [-0.15, -0.1) is 0 Å². The van der Waals surface area contributed by atoms with E-state index < -0.39 is 0 Å². The van der Waals surface area contributed by atoms with Crippen molar-refractivity contribution in [2.75, 3.05) is 31.5 Å². The molecule has 0 radical (unpaired) electrons. The number of nitrogens with one attached hydrogen (secondary N) is 2. The summed E-state index contributed by atoms with van der Waals surface area (Å²) in [7, 11) is 0.